The summed E-state index contributed by atoms with van der Waals surface area (Å²) in [6.07, 6.45) is 0. The standard InChI is InChI=1S/C15H15IN2O2/c1-3-17(12-6-4-5-11(2)9-12)13-7-8-15(18(19)20)14(16)10-13/h4-10H,3H2,1-2H3. The molecule has 0 fully saturated rings. The zero-order valence-corrected chi connectivity index (χ0v) is 13.5. The number of rotatable bonds is 4. The molecule has 0 spiro atoms. The lowest BCUT2D eigenvalue weighted by Gasteiger charge is -2.23. The van der Waals surface area contributed by atoms with Crippen LogP contribution in [0.1, 0.15) is 12.5 Å². The van der Waals surface area contributed by atoms with Gasteiger partial charge in [-0.05, 0) is 66.3 Å². The van der Waals surface area contributed by atoms with E-state index in [0.29, 0.717) is 3.57 Å². The van der Waals surface area contributed by atoms with Crippen LogP contribution in [0.2, 0.25) is 0 Å². The van der Waals surface area contributed by atoms with Crippen LogP contribution in [-0.4, -0.2) is 11.5 Å². The molecule has 0 aliphatic rings. The van der Waals surface area contributed by atoms with Gasteiger partial charge in [-0.1, -0.05) is 12.1 Å². The van der Waals surface area contributed by atoms with Gasteiger partial charge >= 0.3 is 0 Å². The molecule has 2 aromatic rings. The molecule has 0 bridgehead atoms. The Kier molecular flexibility index (Phi) is 4.59. The van der Waals surface area contributed by atoms with Crippen molar-refractivity contribution in [2.45, 2.75) is 13.8 Å². The summed E-state index contributed by atoms with van der Waals surface area (Å²) in [6, 6.07) is 13.4. The highest BCUT2D eigenvalue weighted by Crippen LogP contribution is 2.30. The number of nitrogens with zero attached hydrogens (tertiary/aromatic N) is 2. The van der Waals surface area contributed by atoms with Gasteiger partial charge in [0.2, 0.25) is 0 Å². The SMILES string of the molecule is CCN(c1cccc(C)c1)c1ccc([N+](=O)[O-])c(I)c1. The van der Waals surface area contributed by atoms with Crippen molar-refractivity contribution in [1.82, 2.24) is 0 Å². The highest BCUT2D eigenvalue weighted by atomic mass is 127. The van der Waals surface area contributed by atoms with Crippen LogP contribution >= 0.6 is 22.6 Å². The van der Waals surface area contributed by atoms with Gasteiger partial charge in [0.1, 0.15) is 0 Å². The lowest BCUT2D eigenvalue weighted by molar-refractivity contribution is -0.385. The molecule has 5 heteroatoms. The Hall–Kier alpha value is -1.63. The average Bonchev–Trinajstić information content (AvgIpc) is 2.39. The minimum Gasteiger partial charge on any atom is -0.342 e. The normalized spacial score (nSPS) is 10.3. The summed E-state index contributed by atoms with van der Waals surface area (Å²) in [5.41, 5.74) is 3.40. The second-order valence-electron chi connectivity index (χ2n) is 4.48. The first-order valence-corrected chi connectivity index (χ1v) is 7.39. The number of aryl methyl sites for hydroxylation is 1. The van der Waals surface area contributed by atoms with Gasteiger partial charge in [0, 0.05) is 24.0 Å². The molecule has 0 heterocycles. The third-order valence-corrected chi connectivity index (χ3v) is 3.93. The number of hydrogen-bond acceptors (Lipinski definition) is 3. The molecular formula is C15H15IN2O2. The lowest BCUT2D eigenvalue weighted by Crippen LogP contribution is -2.16. The summed E-state index contributed by atoms with van der Waals surface area (Å²) in [5.74, 6) is 0. The monoisotopic (exact) mass is 382 g/mol. The Morgan fingerprint density at radius 3 is 2.45 bits per heavy atom. The fourth-order valence-electron chi connectivity index (χ4n) is 2.12. The molecule has 104 valence electrons. The molecule has 2 aromatic carbocycles. The molecule has 0 amide bonds. The quantitative estimate of drug-likeness (QED) is 0.439. The second-order valence-corrected chi connectivity index (χ2v) is 5.64. The van der Waals surface area contributed by atoms with Gasteiger partial charge in [0.15, 0.2) is 0 Å². The van der Waals surface area contributed by atoms with Gasteiger partial charge in [-0.3, -0.25) is 10.1 Å². The van der Waals surface area contributed by atoms with Gasteiger partial charge in [-0.25, -0.2) is 0 Å². The Morgan fingerprint density at radius 1 is 1.20 bits per heavy atom. The first-order chi connectivity index (χ1) is 9.52. The van der Waals surface area contributed by atoms with Crippen molar-refractivity contribution in [3.8, 4) is 0 Å². The maximum Gasteiger partial charge on any atom is 0.282 e. The molecule has 0 unspecified atom stereocenters. The molecule has 0 aliphatic carbocycles. The van der Waals surface area contributed by atoms with Gasteiger partial charge in [0.05, 0.1) is 8.49 Å². The highest BCUT2D eigenvalue weighted by molar-refractivity contribution is 14.1. The van der Waals surface area contributed by atoms with Crippen LogP contribution in [-0.2, 0) is 0 Å². The molecule has 0 aromatic heterocycles. The summed E-state index contributed by atoms with van der Waals surface area (Å²) >= 11 is 2.01. The molecule has 0 radical (unpaired) electrons. The molecule has 0 aliphatic heterocycles. The smallest absolute Gasteiger partial charge is 0.282 e. The van der Waals surface area contributed by atoms with Crippen molar-refractivity contribution >= 4 is 39.7 Å². The van der Waals surface area contributed by atoms with E-state index in [2.05, 4.69) is 30.9 Å². The van der Waals surface area contributed by atoms with Crippen LogP contribution in [0.5, 0.6) is 0 Å². The number of nitro benzene ring substituents is 1. The fraction of sp³-hybridized carbons (Fsp3) is 0.200. The summed E-state index contributed by atoms with van der Waals surface area (Å²) in [7, 11) is 0. The molecule has 0 saturated carbocycles. The average molecular weight is 382 g/mol. The molecule has 0 atom stereocenters. The largest absolute Gasteiger partial charge is 0.342 e. The third-order valence-electron chi connectivity index (χ3n) is 3.07. The first-order valence-electron chi connectivity index (χ1n) is 6.31. The van der Waals surface area contributed by atoms with E-state index in [1.54, 1.807) is 12.1 Å². The minimum atomic E-state index is -0.353. The minimum absolute atomic E-state index is 0.148. The molecule has 20 heavy (non-hydrogen) atoms. The predicted octanol–water partition coefficient (Wildman–Crippen LogP) is 4.67. The molecular weight excluding hydrogens is 367 g/mol. The van der Waals surface area contributed by atoms with E-state index >= 15 is 0 Å². The van der Waals surface area contributed by atoms with Crippen LogP contribution in [0.15, 0.2) is 42.5 Å². The topological polar surface area (TPSA) is 46.4 Å². The first kappa shape index (κ1) is 14.8. The van der Waals surface area contributed by atoms with Crippen molar-refractivity contribution < 1.29 is 4.92 Å². The number of nitro groups is 1. The van der Waals surface area contributed by atoms with Crippen molar-refractivity contribution in [3.05, 3.63) is 61.7 Å². The van der Waals surface area contributed by atoms with E-state index in [1.165, 1.54) is 5.56 Å². The Morgan fingerprint density at radius 2 is 1.90 bits per heavy atom. The van der Waals surface area contributed by atoms with Crippen LogP contribution in [0.3, 0.4) is 0 Å². The zero-order valence-electron chi connectivity index (χ0n) is 11.3. The molecule has 4 nitrogen and oxygen atoms in total. The maximum absolute atomic E-state index is 10.9. The van der Waals surface area contributed by atoms with E-state index in [-0.39, 0.29) is 10.6 Å². The lowest BCUT2D eigenvalue weighted by atomic mass is 10.2. The summed E-state index contributed by atoms with van der Waals surface area (Å²) < 4.78 is 0.649. The van der Waals surface area contributed by atoms with Gasteiger partial charge in [-0.2, -0.15) is 0 Å². The number of benzene rings is 2. The summed E-state index contributed by atoms with van der Waals surface area (Å²) in [6.45, 7) is 4.92. The van der Waals surface area contributed by atoms with E-state index in [4.69, 9.17) is 0 Å². The Labute approximate surface area is 131 Å². The Bertz CT molecular complexity index is 644. The Balaban J connectivity index is 2.42. The van der Waals surface area contributed by atoms with Crippen LogP contribution < -0.4 is 4.90 Å². The molecule has 0 N–H and O–H groups in total. The van der Waals surface area contributed by atoms with Crippen LogP contribution in [0.4, 0.5) is 17.1 Å². The number of anilines is 2. The summed E-state index contributed by atoms with van der Waals surface area (Å²) in [5, 5.41) is 10.9. The van der Waals surface area contributed by atoms with Crippen molar-refractivity contribution in [1.29, 1.82) is 0 Å². The van der Waals surface area contributed by atoms with Crippen LogP contribution in [0.25, 0.3) is 0 Å². The van der Waals surface area contributed by atoms with Crippen LogP contribution in [0, 0.1) is 20.6 Å². The van der Waals surface area contributed by atoms with Gasteiger partial charge < -0.3 is 4.90 Å². The molecule has 2 rings (SSSR count). The number of hydrogen-bond donors (Lipinski definition) is 0. The highest BCUT2D eigenvalue weighted by Gasteiger charge is 2.15. The van der Waals surface area contributed by atoms with E-state index < -0.39 is 0 Å². The van der Waals surface area contributed by atoms with E-state index in [0.717, 1.165) is 17.9 Å². The maximum atomic E-state index is 10.9. The van der Waals surface area contributed by atoms with E-state index in [1.807, 2.05) is 40.8 Å². The molecule has 0 saturated heterocycles. The summed E-state index contributed by atoms with van der Waals surface area (Å²) in [4.78, 5) is 12.7. The van der Waals surface area contributed by atoms with Crippen molar-refractivity contribution in [2.75, 3.05) is 11.4 Å². The third kappa shape index (κ3) is 3.09. The van der Waals surface area contributed by atoms with Gasteiger partial charge in [0.25, 0.3) is 5.69 Å². The van der Waals surface area contributed by atoms with Crippen molar-refractivity contribution in [2.24, 2.45) is 0 Å². The van der Waals surface area contributed by atoms with Gasteiger partial charge in [-0.15, -0.1) is 0 Å². The predicted molar refractivity (Wildman–Crippen MR) is 89.7 cm³/mol. The number of halogens is 1. The zero-order chi connectivity index (χ0) is 14.7. The second kappa shape index (κ2) is 6.21. The fourth-order valence-corrected chi connectivity index (χ4v) is 2.82. The van der Waals surface area contributed by atoms with E-state index in [9.17, 15) is 10.1 Å². The van der Waals surface area contributed by atoms with Crippen molar-refractivity contribution in [3.63, 3.8) is 0 Å².